The average Bonchev–Trinajstić information content (AvgIpc) is 2.38. The smallest absolute Gasteiger partial charge is 0.165 e. The van der Waals surface area contributed by atoms with Crippen molar-refractivity contribution in [1.82, 2.24) is 0 Å². The van der Waals surface area contributed by atoms with Crippen LogP contribution < -0.4 is 4.74 Å². The first-order chi connectivity index (χ1) is 9.73. The van der Waals surface area contributed by atoms with Crippen LogP contribution in [0, 0.1) is 17.2 Å². The third-order valence-electron chi connectivity index (χ3n) is 4.89. The Labute approximate surface area is 127 Å². The molecule has 0 saturated heterocycles. The standard InChI is InChI=1S/C18H27FO2/c1-17(2,3)14-7-9-18(20,10-8-14)12-13-5-6-16(21-4)15(19)11-13/h5-6,11,14,20H,7-10,12H2,1-4H3. The van der Waals surface area contributed by atoms with Crippen molar-refractivity contribution < 1.29 is 14.2 Å². The Morgan fingerprint density at radius 1 is 1.29 bits per heavy atom. The quantitative estimate of drug-likeness (QED) is 0.898. The number of rotatable bonds is 3. The Morgan fingerprint density at radius 3 is 2.38 bits per heavy atom. The van der Waals surface area contributed by atoms with E-state index in [4.69, 9.17) is 4.74 Å². The first kappa shape index (κ1) is 16.3. The lowest BCUT2D eigenvalue weighted by molar-refractivity contribution is -0.0245. The number of halogens is 1. The van der Waals surface area contributed by atoms with Crippen molar-refractivity contribution in [2.45, 2.75) is 58.5 Å². The van der Waals surface area contributed by atoms with Gasteiger partial charge in [-0.2, -0.15) is 0 Å². The fraction of sp³-hybridized carbons (Fsp3) is 0.667. The zero-order valence-corrected chi connectivity index (χ0v) is 13.6. The van der Waals surface area contributed by atoms with Crippen LogP contribution in [-0.4, -0.2) is 17.8 Å². The summed E-state index contributed by atoms with van der Waals surface area (Å²) in [6.07, 6.45) is 4.19. The zero-order valence-electron chi connectivity index (χ0n) is 13.6. The Morgan fingerprint density at radius 2 is 1.90 bits per heavy atom. The molecule has 2 rings (SSSR count). The van der Waals surface area contributed by atoms with Crippen molar-refractivity contribution in [2.24, 2.45) is 11.3 Å². The van der Waals surface area contributed by atoms with Gasteiger partial charge in [-0.05, 0) is 54.7 Å². The Balaban J connectivity index is 2.02. The second kappa shape index (κ2) is 5.96. The third-order valence-corrected chi connectivity index (χ3v) is 4.89. The molecule has 0 bridgehead atoms. The van der Waals surface area contributed by atoms with E-state index in [-0.39, 0.29) is 11.6 Å². The van der Waals surface area contributed by atoms with Crippen molar-refractivity contribution in [3.63, 3.8) is 0 Å². The number of aliphatic hydroxyl groups is 1. The molecule has 1 aliphatic rings. The van der Waals surface area contributed by atoms with Gasteiger partial charge in [-0.15, -0.1) is 0 Å². The van der Waals surface area contributed by atoms with E-state index in [0.717, 1.165) is 31.2 Å². The summed E-state index contributed by atoms with van der Waals surface area (Å²) in [7, 11) is 1.46. The van der Waals surface area contributed by atoms with Gasteiger partial charge < -0.3 is 9.84 Å². The summed E-state index contributed by atoms with van der Waals surface area (Å²) >= 11 is 0. The summed E-state index contributed by atoms with van der Waals surface area (Å²) in [5.74, 6) is 0.550. The molecule has 118 valence electrons. The molecule has 1 aliphatic carbocycles. The fourth-order valence-electron chi connectivity index (χ4n) is 3.40. The highest BCUT2D eigenvalue weighted by Crippen LogP contribution is 2.42. The van der Waals surface area contributed by atoms with Crippen LogP contribution in [0.2, 0.25) is 0 Å². The molecule has 0 heterocycles. The number of hydrogen-bond donors (Lipinski definition) is 1. The summed E-state index contributed by atoms with van der Waals surface area (Å²) in [6, 6.07) is 4.96. The van der Waals surface area contributed by atoms with Crippen molar-refractivity contribution in [1.29, 1.82) is 0 Å². The van der Waals surface area contributed by atoms with Gasteiger partial charge in [0.1, 0.15) is 0 Å². The summed E-state index contributed by atoms with van der Waals surface area (Å²) < 4.78 is 18.7. The van der Waals surface area contributed by atoms with Gasteiger partial charge in [0.25, 0.3) is 0 Å². The Bertz CT molecular complexity index is 482. The van der Waals surface area contributed by atoms with Crippen molar-refractivity contribution in [3.05, 3.63) is 29.6 Å². The van der Waals surface area contributed by atoms with Crippen LogP contribution in [0.25, 0.3) is 0 Å². The monoisotopic (exact) mass is 294 g/mol. The average molecular weight is 294 g/mol. The predicted molar refractivity (Wildman–Crippen MR) is 83.0 cm³/mol. The number of hydrogen-bond acceptors (Lipinski definition) is 2. The van der Waals surface area contributed by atoms with E-state index < -0.39 is 5.60 Å². The van der Waals surface area contributed by atoms with Crippen LogP contribution in [0.3, 0.4) is 0 Å². The molecule has 1 aromatic rings. The van der Waals surface area contributed by atoms with Crippen molar-refractivity contribution in [2.75, 3.05) is 7.11 Å². The van der Waals surface area contributed by atoms with Gasteiger partial charge in [0.15, 0.2) is 11.6 Å². The lowest BCUT2D eigenvalue weighted by atomic mass is 9.67. The van der Waals surface area contributed by atoms with Crippen LogP contribution in [0.15, 0.2) is 18.2 Å². The number of methoxy groups -OCH3 is 1. The Kier molecular flexibility index (Phi) is 4.62. The Hall–Kier alpha value is -1.09. The number of benzene rings is 1. The van der Waals surface area contributed by atoms with Crippen LogP contribution in [0.4, 0.5) is 4.39 Å². The van der Waals surface area contributed by atoms with Gasteiger partial charge in [0.05, 0.1) is 12.7 Å². The molecule has 1 N–H and O–H groups in total. The summed E-state index contributed by atoms with van der Waals surface area (Å²) in [5, 5.41) is 10.8. The second-order valence-electron chi connectivity index (χ2n) is 7.51. The molecule has 0 spiro atoms. The van der Waals surface area contributed by atoms with E-state index >= 15 is 0 Å². The maximum Gasteiger partial charge on any atom is 0.165 e. The maximum absolute atomic E-state index is 13.7. The van der Waals surface area contributed by atoms with Crippen LogP contribution in [0.1, 0.15) is 52.0 Å². The lowest BCUT2D eigenvalue weighted by Crippen LogP contribution is -2.39. The molecule has 0 aliphatic heterocycles. The molecule has 0 amide bonds. The minimum absolute atomic E-state index is 0.252. The van der Waals surface area contributed by atoms with Crippen LogP contribution in [-0.2, 0) is 6.42 Å². The van der Waals surface area contributed by atoms with Gasteiger partial charge in [-0.1, -0.05) is 26.8 Å². The lowest BCUT2D eigenvalue weighted by Gasteiger charge is -2.41. The molecule has 1 aromatic carbocycles. The van der Waals surface area contributed by atoms with Gasteiger partial charge >= 0.3 is 0 Å². The molecule has 1 saturated carbocycles. The van der Waals surface area contributed by atoms with E-state index in [1.807, 2.05) is 6.07 Å². The van der Waals surface area contributed by atoms with Gasteiger partial charge in [-0.25, -0.2) is 4.39 Å². The van der Waals surface area contributed by atoms with E-state index in [2.05, 4.69) is 20.8 Å². The molecular formula is C18H27FO2. The summed E-state index contributed by atoms with van der Waals surface area (Å²) in [6.45, 7) is 6.79. The minimum Gasteiger partial charge on any atom is -0.494 e. The molecule has 3 heteroatoms. The minimum atomic E-state index is -0.692. The highest BCUT2D eigenvalue weighted by Gasteiger charge is 2.37. The van der Waals surface area contributed by atoms with E-state index in [9.17, 15) is 9.50 Å². The van der Waals surface area contributed by atoms with Crippen LogP contribution in [0.5, 0.6) is 5.75 Å². The van der Waals surface area contributed by atoms with E-state index in [0.29, 0.717) is 17.8 Å². The second-order valence-corrected chi connectivity index (χ2v) is 7.51. The predicted octanol–water partition coefficient (Wildman–Crippen LogP) is 4.34. The number of ether oxygens (including phenoxy) is 1. The largest absolute Gasteiger partial charge is 0.494 e. The topological polar surface area (TPSA) is 29.5 Å². The van der Waals surface area contributed by atoms with Crippen molar-refractivity contribution in [3.8, 4) is 5.75 Å². The van der Waals surface area contributed by atoms with Gasteiger partial charge in [0.2, 0.25) is 0 Å². The molecule has 1 fully saturated rings. The van der Waals surface area contributed by atoms with Gasteiger partial charge in [0, 0.05) is 6.42 Å². The summed E-state index contributed by atoms with van der Waals surface area (Å²) in [5.41, 5.74) is 0.445. The SMILES string of the molecule is COc1ccc(CC2(O)CCC(C(C)(C)C)CC2)cc1F. The molecule has 0 unspecified atom stereocenters. The zero-order chi connectivity index (χ0) is 15.7. The molecule has 0 aromatic heterocycles. The molecule has 0 atom stereocenters. The normalized spacial score (nSPS) is 26.7. The molecule has 21 heavy (non-hydrogen) atoms. The first-order valence-electron chi connectivity index (χ1n) is 7.78. The van der Waals surface area contributed by atoms with E-state index in [1.54, 1.807) is 6.07 Å². The third kappa shape index (κ3) is 3.97. The van der Waals surface area contributed by atoms with Crippen molar-refractivity contribution >= 4 is 0 Å². The maximum atomic E-state index is 13.7. The molecular weight excluding hydrogens is 267 g/mol. The highest BCUT2D eigenvalue weighted by atomic mass is 19.1. The molecule has 2 nitrogen and oxygen atoms in total. The van der Waals surface area contributed by atoms with Gasteiger partial charge in [-0.3, -0.25) is 0 Å². The fourth-order valence-corrected chi connectivity index (χ4v) is 3.40. The van der Waals surface area contributed by atoms with Crippen LogP contribution >= 0.6 is 0 Å². The molecule has 0 radical (unpaired) electrons. The van der Waals surface area contributed by atoms with E-state index in [1.165, 1.54) is 13.2 Å². The first-order valence-corrected chi connectivity index (χ1v) is 7.78. The summed E-state index contributed by atoms with van der Waals surface area (Å²) in [4.78, 5) is 0. The highest BCUT2D eigenvalue weighted by molar-refractivity contribution is 5.30.